The number of halogens is 1. The molecular formula is C14H16FNO4. The second kappa shape index (κ2) is 6.36. The summed E-state index contributed by atoms with van der Waals surface area (Å²) >= 11 is 0. The molecule has 0 spiro atoms. The van der Waals surface area contributed by atoms with Crippen molar-refractivity contribution in [2.45, 2.75) is 25.3 Å². The van der Waals surface area contributed by atoms with Crippen molar-refractivity contribution in [3.63, 3.8) is 0 Å². The topological polar surface area (TPSA) is 66.8 Å². The van der Waals surface area contributed by atoms with Crippen LogP contribution in [0.4, 0.5) is 4.39 Å². The average Bonchev–Trinajstić information content (AvgIpc) is 2.45. The van der Waals surface area contributed by atoms with Crippen molar-refractivity contribution in [1.29, 1.82) is 0 Å². The average molecular weight is 281 g/mol. The van der Waals surface area contributed by atoms with Gasteiger partial charge in [0.2, 0.25) is 0 Å². The summed E-state index contributed by atoms with van der Waals surface area (Å²) in [7, 11) is 0. The summed E-state index contributed by atoms with van der Waals surface area (Å²) in [6.07, 6.45) is 2.04. The van der Waals surface area contributed by atoms with Gasteiger partial charge >= 0.3 is 5.97 Å². The summed E-state index contributed by atoms with van der Waals surface area (Å²) in [6, 6.07) is 4.70. The van der Waals surface area contributed by atoms with Crippen LogP contribution >= 0.6 is 0 Å². The third-order valence-electron chi connectivity index (χ3n) is 3.27. The zero-order chi connectivity index (χ0) is 14.5. The van der Waals surface area contributed by atoms with E-state index < -0.39 is 17.8 Å². The molecule has 20 heavy (non-hydrogen) atoms. The van der Waals surface area contributed by atoms with Gasteiger partial charge in [0, 0.05) is 12.6 Å². The highest BCUT2D eigenvalue weighted by atomic mass is 19.1. The number of carbonyl (C=O) groups excluding carboxylic acids is 1. The molecular weight excluding hydrogens is 265 g/mol. The molecule has 0 aliphatic carbocycles. The van der Waals surface area contributed by atoms with Gasteiger partial charge in [-0.2, -0.15) is 0 Å². The van der Waals surface area contributed by atoms with Crippen molar-refractivity contribution in [1.82, 2.24) is 4.90 Å². The van der Waals surface area contributed by atoms with Crippen LogP contribution < -0.4 is 4.74 Å². The Labute approximate surface area is 116 Å². The predicted octanol–water partition coefficient (Wildman–Crippen LogP) is 1.67. The number of carboxylic acids is 1. The lowest BCUT2D eigenvalue weighted by Crippen LogP contribution is -2.49. The lowest BCUT2D eigenvalue weighted by molar-refractivity contribution is -0.152. The Bertz CT molecular complexity index is 506. The molecule has 1 aromatic carbocycles. The van der Waals surface area contributed by atoms with Gasteiger partial charge in [-0.25, -0.2) is 9.18 Å². The number of carboxylic acid groups (broad SMARTS) is 1. The Morgan fingerprint density at radius 3 is 2.90 bits per heavy atom. The first-order valence-corrected chi connectivity index (χ1v) is 6.48. The summed E-state index contributed by atoms with van der Waals surface area (Å²) < 4.78 is 18.2. The van der Waals surface area contributed by atoms with Crippen LogP contribution in [0.5, 0.6) is 5.75 Å². The third kappa shape index (κ3) is 3.46. The minimum absolute atomic E-state index is 0.252. The van der Waals surface area contributed by atoms with E-state index in [0.717, 1.165) is 12.8 Å². The molecule has 1 aliphatic heterocycles. The van der Waals surface area contributed by atoms with E-state index >= 15 is 0 Å². The molecule has 6 heteroatoms. The van der Waals surface area contributed by atoms with E-state index in [4.69, 9.17) is 9.84 Å². The lowest BCUT2D eigenvalue weighted by Gasteiger charge is -2.32. The van der Waals surface area contributed by atoms with E-state index in [1.54, 1.807) is 6.07 Å². The number of amides is 1. The van der Waals surface area contributed by atoms with Gasteiger partial charge in [0.25, 0.3) is 5.91 Å². The van der Waals surface area contributed by atoms with Crippen LogP contribution in [-0.2, 0) is 9.59 Å². The minimum Gasteiger partial charge on any atom is -0.484 e. The Hall–Kier alpha value is -2.11. The first kappa shape index (κ1) is 14.3. The number of piperidine rings is 1. The predicted molar refractivity (Wildman–Crippen MR) is 68.9 cm³/mol. The normalized spacial score (nSPS) is 18.6. The summed E-state index contributed by atoms with van der Waals surface area (Å²) in [5.41, 5.74) is 0. The highest BCUT2D eigenvalue weighted by Gasteiger charge is 2.31. The van der Waals surface area contributed by atoms with Crippen LogP contribution in [0.25, 0.3) is 0 Å². The first-order chi connectivity index (χ1) is 9.58. The smallest absolute Gasteiger partial charge is 0.326 e. The van der Waals surface area contributed by atoms with E-state index in [1.165, 1.54) is 23.1 Å². The van der Waals surface area contributed by atoms with E-state index in [9.17, 15) is 14.0 Å². The van der Waals surface area contributed by atoms with E-state index in [2.05, 4.69) is 0 Å². The van der Waals surface area contributed by atoms with Crippen LogP contribution in [-0.4, -0.2) is 41.1 Å². The van der Waals surface area contributed by atoms with Crippen molar-refractivity contribution >= 4 is 11.9 Å². The molecule has 1 saturated heterocycles. The summed E-state index contributed by atoms with van der Waals surface area (Å²) in [5.74, 6) is -1.58. The molecule has 1 amide bonds. The fraction of sp³-hybridized carbons (Fsp3) is 0.429. The monoisotopic (exact) mass is 281 g/mol. The third-order valence-corrected chi connectivity index (χ3v) is 3.27. The van der Waals surface area contributed by atoms with Crippen molar-refractivity contribution in [2.75, 3.05) is 13.2 Å². The number of hydrogen-bond donors (Lipinski definition) is 1. The second-order valence-electron chi connectivity index (χ2n) is 4.68. The number of carbonyl (C=O) groups is 2. The SMILES string of the molecule is O=C(O)[C@@H]1CCCCN1C(=O)COc1cccc(F)c1. The van der Waals surface area contributed by atoms with Gasteiger partial charge in [-0.05, 0) is 31.4 Å². The van der Waals surface area contributed by atoms with Crippen LogP contribution in [0.1, 0.15) is 19.3 Å². The zero-order valence-corrected chi connectivity index (χ0v) is 10.9. The fourth-order valence-electron chi connectivity index (χ4n) is 2.27. The Morgan fingerprint density at radius 2 is 2.20 bits per heavy atom. The zero-order valence-electron chi connectivity index (χ0n) is 10.9. The molecule has 1 N–H and O–H groups in total. The number of hydrogen-bond acceptors (Lipinski definition) is 3. The Balaban J connectivity index is 1.95. The van der Waals surface area contributed by atoms with Gasteiger partial charge < -0.3 is 14.7 Å². The highest BCUT2D eigenvalue weighted by molar-refractivity contribution is 5.84. The van der Waals surface area contributed by atoms with E-state index in [-0.39, 0.29) is 18.3 Å². The molecule has 1 heterocycles. The Morgan fingerprint density at radius 1 is 1.40 bits per heavy atom. The van der Waals surface area contributed by atoms with Crippen molar-refractivity contribution in [3.8, 4) is 5.75 Å². The largest absolute Gasteiger partial charge is 0.484 e. The molecule has 0 aromatic heterocycles. The molecule has 0 bridgehead atoms. The molecule has 0 saturated carbocycles. The number of ether oxygens (including phenoxy) is 1. The Kier molecular flexibility index (Phi) is 4.55. The van der Waals surface area contributed by atoms with E-state index in [0.29, 0.717) is 13.0 Å². The lowest BCUT2D eigenvalue weighted by atomic mass is 10.0. The van der Waals surface area contributed by atoms with Gasteiger partial charge in [-0.15, -0.1) is 0 Å². The van der Waals surface area contributed by atoms with Crippen LogP contribution in [0.2, 0.25) is 0 Å². The molecule has 0 radical (unpaired) electrons. The van der Waals surface area contributed by atoms with E-state index in [1.807, 2.05) is 0 Å². The molecule has 5 nitrogen and oxygen atoms in total. The van der Waals surface area contributed by atoms with Crippen molar-refractivity contribution in [3.05, 3.63) is 30.1 Å². The molecule has 2 rings (SSSR count). The van der Waals surface area contributed by atoms with Gasteiger partial charge in [0.1, 0.15) is 17.6 Å². The number of aliphatic carboxylic acids is 1. The molecule has 1 atom stereocenters. The molecule has 1 fully saturated rings. The van der Waals surface area contributed by atoms with Crippen molar-refractivity contribution < 1.29 is 23.8 Å². The van der Waals surface area contributed by atoms with Crippen molar-refractivity contribution in [2.24, 2.45) is 0 Å². The standard InChI is InChI=1S/C14H16FNO4/c15-10-4-3-5-11(8-10)20-9-13(17)16-7-2-1-6-12(16)14(18)19/h3-5,8,12H,1-2,6-7,9H2,(H,18,19)/t12-/m0/s1. The maximum atomic E-state index is 13.0. The van der Waals surface area contributed by atoms with Gasteiger partial charge in [-0.1, -0.05) is 6.07 Å². The molecule has 1 aromatic rings. The van der Waals surface area contributed by atoms with Crippen LogP contribution in [0.3, 0.4) is 0 Å². The summed E-state index contributed by atoms with van der Waals surface area (Å²) in [6.45, 7) is 0.134. The first-order valence-electron chi connectivity index (χ1n) is 6.48. The highest BCUT2D eigenvalue weighted by Crippen LogP contribution is 2.18. The summed E-state index contributed by atoms with van der Waals surface area (Å²) in [4.78, 5) is 24.4. The fourth-order valence-corrected chi connectivity index (χ4v) is 2.27. The molecule has 1 aliphatic rings. The second-order valence-corrected chi connectivity index (χ2v) is 4.68. The molecule has 0 unspecified atom stereocenters. The van der Waals surface area contributed by atoms with Gasteiger partial charge in [0.05, 0.1) is 0 Å². The molecule has 108 valence electrons. The number of likely N-dealkylation sites (tertiary alicyclic amines) is 1. The maximum Gasteiger partial charge on any atom is 0.326 e. The quantitative estimate of drug-likeness (QED) is 0.911. The number of benzene rings is 1. The van der Waals surface area contributed by atoms with Crippen LogP contribution in [0, 0.1) is 5.82 Å². The van der Waals surface area contributed by atoms with Gasteiger partial charge in [-0.3, -0.25) is 4.79 Å². The maximum absolute atomic E-state index is 13.0. The number of nitrogens with zero attached hydrogens (tertiary/aromatic N) is 1. The number of rotatable bonds is 4. The van der Waals surface area contributed by atoms with Crippen LogP contribution in [0.15, 0.2) is 24.3 Å². The summed E-state index contributed by atoms with van der Waals surface area (Å²) in [5, 5.41) is 9.09. The van der Waals surface area contributed by atoms with Gasteiger partial charge in [0.15, 0.2) is 6.61 Å². The minimum atomic E-state index is -0.996.